The van der Waals surface area contributed by atoms with Gasteiger partial charge < -0.3 is 9.52 Å². The van der Waals surface area contributed by atoms with Gasteiger partial charge in [-0.05, 0) is 55.0 Å². The standard InChI is InChI=1S/C17H14O2/c1-2-3-12-4-9-16-14(10-12)11-17(19-16)13-5-7-15(18)8-6-13/h2-11,18H,1H3/b3-2+. The second-order valence-corrected chi connectivity index (χ2v) is 4.45. The number of phenols is 1. The lowest BCUT2D eigenvalue weighted by molar-refractivity contribution is 0.475. The van der Waals surface area contributed by atoms with Crippen molar-refractivity contribution in [1.82, 2.24) is 0 Å². The normalized spacial score (nSPS) is 11.4. The van der Waals surface area contributed by atoms with Gasteiger partial charge in [-0.15, -0.1) is 0 Å². The average Bonchev–Trinajstić information content (AvgIpc) is 2.83. The highest BCUT2D eigenvalue weighted by Gasteiger charge is 2.06. The van der Waals surface area contributed by atoms with E-state index in [4.69, 9.17) is 4.42 Å². The summed E-state index contributed by atoms with van der Waals surface area (Å²) >= 11 is 0. The van der Waals surface area contributed by atoms with Crippen molar-refractivity contribution in [3.8, 4) is 17.1 Å². The third kappa shape index (κ3) is 2.25. The van der Waals surface area contributed by atoms with Gasteiger partial charge in [-0.1, -0.05) is 18.2 Å². The lowest BCUT2D eigenvalue weighted by atomic mass is 10.1. The first-order valence-corrected chi connectivity index (χ1v) is 6.22. The molecule has 0 aliphatic carbocycles. The van der Waals surface area contributed by atoms with Crippen molar-refractivity contribution in [2.45, 2.75) is 6.92 Å². The van der Waals surface area contributed by atoms with Crippen LogP contribution in [-0.4, -0.2) is 5.11 Å². The Kier molecular flexibility index (Phi) is 2.84. The second-order valence-electron chi connectivity index (χ2n) is 4.45. The minimum Gasteiger partial charge on any atom is -0.508 e. The maximum atomic E-state index is 9.30. The van der Waals surface area contributed by atoms with Gasteiger partial charge in [-0.3, -0.25) is 0 Å². The summed E-state index contributed by atoms with van der Waals surface area (Å²) < 4.78 is 5.82. The van der Waals surface area contributed by atoms with Gasteiger partial charge in [0.15, 0.2) is 0 Å². The van der Waals surface area contributed by atoms with E-state index < -0.39 is 0 Å². The summed E-state index contributed by atoms with van der Waals surface area (Å²) in [6.07, 6.45) is 4.08. The van der Waals surface area contributed by atoms with Crippen molar-refractivity contribution in [2.75, 3.05) is 0 Å². The molecule has 2 aromatic carbocycles. The fraction of sp³-hybridized carbons (Fsp3) is 0.0588. The summed E-state index contributed by atoms with van der Waals surface area (Å²) in [5, 5.41) is 10.4. The minimum absolute atomic E-state index is 0.259. The molecule has 0 atom stereocenters. The fourth-order valence-electron chi connectivity index (χ4n) is 2.13. The van der Waals surface area contributed by atoms with Crippen molar-refractivity contribution in [1.29, 1.82) is 0 Å². The van der Waals surface area contributed by atoms with Crippen LogP contribution in [0.2, 0.25) is 0 Å². The Morgan fingerprint density at radius 3 is 2.53 bits per heavy atom. The first-order chi connectivity index (χ1) is 9.26. The van der Waals surface area contributed by atoms with Crippen LogP contribution < -0.4 is 0 Å². The molecule has 2 nitrogen and oxygen atoms in total. The van der Waals surface area contributed by atoms with Crippen molar-refractivity contribution in [3.05, 3.63) is 60.2 Å². The Morgan fingerprint density at radius 2 is 1.79 bits per heavy atom. The molecule has 19 heavy (non-hydrogen) atoms. The van der Waals surface area contributed by atoms with E-state index in [9.17, 15) is 5.11 Å². The molecule has 0 aliphatic heterocycles. The number of aromatic hydroxyl groups is 1. The molecular weight excluding hydrogens is 236 g/mol. The molecule has 94 valence electrons. The van der Waals surface area contributed by atoms with E-state index in [-0.39, 0.29) is 5.75 Å². The molecule has 1 heterocycles. The van der Waals surface area contributed by atoms with Gasteiger partial charge in [0.2, 0.25) is 0 Å². The molecule has 0 fully saturated rings. The summed E-state index contributed by atoms with van der Waals surface area (Å²) in [6, 6.07) is 15.2. The van der Waals surface area contributed by atoms with Gasteiger partial charge in [0.05, 0.1) is 0 Å². The third-order valence-corrected chi connectivity index (χ3v) is 3.05. The van der Waals surface area contributed by atoms with Crippen molar-refractivity contribution in [3.63, 3.8) is 0 Å². The smallest absolute Gasteiger partial charge is 0.135 e. The van der Waals surface area contributed by atoms with E-state index in [1.165, 1.54) is 0 Å². The molecule has 3 rings (SSSR count). The van der Waals surface area contributed by atoms with Crippen molar-refractivity contribution in [2.24, 2.45) is 0 Å². The van der Waals surface area contributed by atoms with E-state index in [1.807, 2.05) is 43.3 Å². The number of fused-ring (bicyclic) bond motifs is 1. The monoisotopic (exact) mass is 250 g/mol. The average molecular weight is 250 g/mol. The highest BCUT2D eigenvalue weighted by atomic mass is 16.3. The van der Waals surface area contributed by atoms with E-state index in [2.05, 4.69) is 12.1 Å². The van der Waals surface area contributed by atoms with E-state index >= 15 is 0 Å². The number of allylic oxidation sites excluding steroid dienone is 1. The highest BCUT2D eigenvalue weighted by molar-refractivity contribution is 5.84. The largest absolute Gasteiger partial charge is 0.508 e. The van der Waals surface area contributed by atoms with Gasteiger partial charge in [0, 0.05) is 10.9 Å². The molecule has 3 aromatic rings. The zero-order valence-corrected chi connectivity index (χ0v) is 10.6. The van der Waals surface area contributed by atoms with Crippen LogP contribution in [0.3, 0.4) is 0 Å². The summed E-state index contributed by atoms with van der Waals surface area (Å²) in [5.74, 6) is 1.07. The van der Waals surface area contributed by atoms with Crippen LogP contribution >= 0.6 is 0 Å². The van der Waals surface area contributed by atoms with Gasteiger partial charge >= 0.3 is 0 Å². The predicted octanol–water partition coefficient (Wildman–Crippen LogP) is 4.84. The van der Waals surface area contributed by atoms with Crippen LogP contribution in [-0.2, 0) is 0 Å². The topological polar surface area (TPSA) is 33.4 Å². The number of phenolic OH excluding ortho intramolecular Hbond substituents is 1. The summed E-state index contributed by atoms with van der Waals surface area (Å²) in [6.45, 7) is 2.00. The van der Waals surface area contributed by atoms with E-state index in [0.29, 0.717) is 0 Å². The summed E-state index contributed by atoms with van der Waals surface area (Å²) in [7, 11) is 0. The summed E-state index contributed by atoms with van der Waals surface area (Å²) in [5.41, 5.74) is 2.99. The molecule has 0 amide bonds. The van der Waals surface area contributed by atoms with Crippen molar-refractivity contribution < 1.29 is 9.52 Å². The number of rotatable bonds is 2. The van der Waals surface area contributed by atoms with Crippen LogP contribution in [0.15, 0.2) is 59.0 Å². The number of furan rings is 1. The Hall–Kier alpha value is -2.48. The zero-order valence-electron chi connectivity index (χ0n) is 10.6. The number of hydrogen-bond donors (Lipinski definition) is 1. The van der Waals surface area contributed by atoms with Gasteiger partial charge in [0.25, 0.3) is 0 Å². The van der Waals surface area contributed by atoms with Crippen LogP contribution in [0, 0.1) is 0 Å². The van der Waals surface area contributed by atoms with Gasteiger partial charge in [-0.2, -0.15) is 0 Å². The molecule has 0 saturated carbocycles. The summed E-state index contributed by atoms with van der Waals surface area (Å²) in [4.78, 5) is 0. The van der Waals surface area contributed by atoms with E-state index in [0.717, 1.165) is 27.9 Å². The van der Waals surface area contributed by atoms with Crippen LogP contribution in [0.4, 0.5) is 0 Å². The lowest BCUT2D eigenvalue weighted by Gasteiger charge is -1.95. The van der Waals surface area contributed by atoms with Crippen LogP contribution in [0.25, 0.3) is 28.4 Å². The maximum Gasteiger partial charge on any atom is 0.135 e. The maximum absolute atomic E-state index is 9.30. The first kappa shape index (κ1) is 11.6. The van der Waals surface area contributed by atoms with Crippen LogP contribution in [0.5, 0.6) is 5.75 Å². The van der Waals surface area contributed by atoms with Crippen LogP contribution in [0.1, 0.15) is 12.5 Å². The van der Waals surface area contributed by atoms with Crippen molar-refractivity contribution >= 4 is 17.0 Å². The second kappa shape index (κ2) is 4.65. The molecule has 0 spiro atoms. The first-order valence-electron chi connectivity index (χ1n) is 6.22. The van der Waals surface area contributed by atoms with Gasteiger partial charge in [0.1, 0.15) is 17.1 Å². The zero-order chi connectivity index (χ0) is 13.2. The SMILES string of the molecule is C/C=C/c1ccc2oc(-c3ccc(O)cc3)cc2c1. The molecule has 0 aliphatic rings. The molecule has 1 N–H and O–H groups in total. The molecule has 0 radical (unpaired) electrons. The predicted molar refractivity (Wildman–Crippen MR) is 78.0 cm³/mol. The fourth-order valence-corrected chi connectivity index (χ4v) is 2.13. The Morgan fingerprint density at radius 1 is 1.00 bits per heavy atom. The molecule has 1 aromatic heterocycles. The Bertz CT molecular complexity index is 734. The number of hydrogen-bond acceptors (Lipinski definition) is 2. The van der Waals surface area contributed by atoms with E-state index in [1.54, 1.807) is 12.1 Å². The molecular formula is C17H14O2. The molecule has 0 unspecified atom stereocenters. The highest BCUT2D eigenvalue weighted by Crippen LogP contribution is 2.29. The lowest BCUT2D eigenvalue weighted by Crippen LogP contribution is -1.71. The molecule has 0 bridgehead atoms. The van der Waals surface area contributed by atoms with Gasteiger partial charge in [-0.25, -0.2) is 0 Å². The Balaban J connectivity index is 2.08. The minimum atomic E-state index is 0.259. The third-order valence-electron chi connectivity index (χ3n) is 3.05. The number of benzene rings is 2. The Labute approximate surface area is 111 Å². The quantitative estimate of drug-likeness (QED) is 0.706. The molecule has 2 heteroatoms. The molecule has 0 saturated heterocycles.